The molecule has 0 aliphatic carbocycles. The zero-order valence-corrected chi connectivity index (χ0v) is 6.65. The van der Waals surface area contributed by atoms with Gasteiger partial charge in [0.05, 0.1) is 11.8 Å². The summed E-state index contributed by atoms with van der Waals surface area (Å²) in [6, 6.07) is 0. The van der Waals surface area contributed by atoms with E-state index in [0.717, 1.165) is 12.2 Å². The molecule has 10 heavy (non-hydrogen) atoms. The molecule has 1 atom stereocenters. The SMILES string of the molecule is CC1=CN2C(=O)C[C@@H]2SC1. The fourth-order valence-electron chi connectivity index (χ4n) is 1.20. The highest BCUT2D eigenvalue weighted by atomic mass is 32.2. The van der Waals surface area contributed by atoms with Gasteiger partial charge in [0.15, 0.2) is 0 Å². The van der Waals surface area contributed by atoms with Gasteiger partial charge in [0.25, 0.3) is 0 Å². The third-order valence-electron chi connectivity index (χ3n) is 1.81. The second-order valence-electron chi connectivity index (χ2n) is 2.75. The van der Waals surface area contributed by atoms with Crippen molar-refractivity contribution in [3.05, 3.63) is 11.8 Å². The van der Waals surface area contributed by atoms with E-state index in [2.05, 4.69) is 6.92 Å². The molecular weight excluding hydrogens is 146 g/mol. The average Bonchev–Trinajstić information content (AvgIpc) is 1.92. The van der Waals surface area contributed by atoms with Crippen LogP contribution in [-0.2, 0) is 4.79 Å². The van der Waals surface area contributed by atoms with E-state index >= 15 is 0 Å². The number of fused-ring (bicyclic) bond motifs is 1. The number of amides is 1. The number of rotatable bonds is 0. The summed E-state index contributed by atoms with van der Waals surface area (Å²) in [7, 11) is 0. The number of carbonyl (C=O) groups is 1. The largest absolute Gasteiger partial charge is 0.306 e. The van der Waals surface area contributed by atoms with Crippen molar-refractivity contribution in [1.82, 2.24) is 4.90 Å². The summed E-state index contributed by atoms with van der Waals surface area (Å²) in [5.74, 6) is 1.37. The van der Waals surface area contributed by atoms with Gasteiger partial charge in [0.1, 0.15) is 0 Å². The maximum Gasteiger partial charge on any atom is 0.230 e. The van der Waals surface area contributed by atoms with Crippen molar-refractivity contribution < 1.29 is 4.79 Å². The van der Waals surface area contributed by atoms with Gasteiger partial charge in [-0.25, -0.2) is 0 Å². The van der Waals surface area contributed by atoms with E-state index in [-0.39, 0.29) is 5.91 Å². The van der Waals surface area contributed by atoms with Crippen LogP contribution in [0.15, 0.2) is 11.8 Å². The number of hydrogen-bond donors (Lipinski definition) is 0. The molecule has 2 rings (SSSR count). The summed E-state index contributed by atoms with van der Waals surface area (Å²) in [4.78, 5) is 12.7. The Morgan fingerprint density at radius 1 is 1.80 bits per heavy atom. The summed E-state index contributed by atoms with van der Waals surface area (Å²) in [6.07, 6.45) is 2.72. The van der Waals surface area contributed by atoms with Gasteiger partial charge in [0.2, 0.25) is 5.91 Å². The third-order valence-corrected chi connectivity index (χ3v) is 3.21. The van der Waals surface area contributed by atoms with E-state index in [4.69, 9.17) is 0 Å². The summed E-state index contributed by atoms with van der Waals surface area (Å²) < 4.78 is 0. The second-order valence-corrected chi connectivity index (χ2v) is 3.91. The van der Waals surface area contributed by atoms with Crippen LogP contribution in [0.2, 0.25) is 0 Å². The number of nitrogens with zero attached hydrogens (tertiary/aromatic N) is 1. The van der Waals surface area contributed by atoms with Crippen molar-refractivity contribution in [2.45, 2.75) is 18.7 Å². The Bertz CT molecular complexity index is 212. The molecule has 2 nitrogen and oxygen atoms in total. The van der Waals surface area contributed by atoms with E-state index < -0.39 is 0 Å². The lowest BCUT2D eigenvalue weighted by Gasteiger charge is -2.40. The Labute approximate surface area is 64.3 Å². The van der Waals surface area contributed by atoms with Crippen LogP contribution in [0.5, 0.6) is 0 Å². The second kappa shape index (κ2) is 2.02. The molecular formula is C7H9NOS. The van der Waals surface area contributed by atoms with Gasteiger partial charge >= 0.3 is 0 Å². The molecule has 2 aliphatic heterocycles. The number of β-lactam (4-membered cyclic amide) rings is 1. The first-order chi connectivity index (χ1) is 4.77. The van der Waals surface area contributed by atoms with Gasteiger partial charge < -0.3 is 4.90 Å². The Balaban J connectivity index is 2.18. The number of thioether (sulfide) groups is 1. The van der Waals surface area contributed by atoms with Crippen LogP contribution in [0.1, 0.15) is 13.3 Å². The van der Waals surface area contributed by atoms with Gasteiger partial charge in [0, 0.05) is 12.0 Å². The van der Waals surface area contributed by atoms with Crippen LogP contribution >= 0.6 is 11.8 Å². The van der Waals surface area contributed by atoms with Crippen LogP contribution in [0, 0.1) is 0 Å². The van der Waals surface area contributed by atoms with Crippen molar-refractivity contribution >= 4 is 17.7 Å². The van der Waals surface area contributed by atoms with Crippen LogP contribution in [0.4, 0.5) is 0 Å². The summed E-state index contributed by atoms with van der Waals surface area (Å²) in [5.41, 5.74) is 1.30. The minimum atomic E-state index is 0.275. The lowest BCUT2D eigenvalue weighted by Crippen LogP contribution is -2.48. The molecule has 0 radical (unpaired) electrons. The van der Waals surface area contributed by atoms with Crippen LogP contribution in [-0.4, -0.2) is 21.9 Å². The molecule has 54 valence electrons. The van der Waals surface area contributed by atoms with E-state index in [9.17, 15) is 4.79 Å². The maximum atomic E-state index is 10.9. The molecule has 0 aromatic heterocycles. The molecule has 3 heteroatoms. The molecule has 0 saturated carbocycles. The molecule has 2 aliphatic rings. The maximum absolute atomic E-state index is 10.9. The van der Waals surface area contributed by atoms with Crippen LogP contribution in [0.3, 0.4) is 0 Å². The minimum absolute atomic E-state index is 0.275. The molecule has 0 bridgehead atoms. The lowest BCUT2D eigenvalue weighted by molar-refractivity contribution is -0.137. The summed E-state index contributed by atoms with van der Waals surface area (Å²) in [6.45, 7) is 2.06. The zero-order chi connectivity index (χ0) is 7.14. The Morgan fingerprint density at radius 2 is 2.60 bits per heavy atom. The van der Waals surface area contributed by atoms with Crippen molar-refractivity contribution in [3.8, 4) is 0 Å². The smallest absolute Gasteiger partial charge is 0.230 e. The minimum Gasteiger partial charge on any atom is -0.306 e. The Morgan fingerprint density at radius 3 is 3.20 bits per heavy atom. The summed E-state index contributed by atoms with van der Waals surface area (Å²) >= 11 is 1.86. The highest BCUT2D eigenvalue weighted by Crippen LogP contribution is 2.34. The first-order valence-corrected chi connectivity index (χ1v) is 4.42. The van der Waals surface area contributed by atoms with Crippen molar-refractivity contribution in [1.29, 1.82) is 0 Å². The fraction of sp³-hybridized carbons (Fsp3) is 0.571. The first kappa shape index (κ1) is 6.28. The molecule has 0 spiro atoms. The monoisotopic (exact) mass is 155 g/mol. The highest BCUT2D eigenvalue weighted by molar-refractivity contribution is 8.00. The van der Waals surface area contributed by atoms with E-state index in [1.165, 1.54) is 5.57 Å². The third kappa shape index (κ3) is 0.770. The van der Waals surface area contributed by atoms with Crippen molar-refractivity contribution in [3.63, 3.8) is 0 Å². The van der Waals surface area contributed by atoms with E-state index in [0.29, 0.717) is 5.37 Å². The predicted octanol–water partition coefficient (Wildman–Crippen LogP) is 1.20. The normalized spacial score (nSPS) is 30.9. The highest BCUT2D eigenvalue weighted by Gasteiger charge is 2.36. The van der Waals surface area contributed by atoms with Crippen LogP contribution in [0.25, 0.3) is 0 Å². The number of hydrogen-bond acceptors (Lipinski definition) is 2. The average molecular weight is 155 g/mol. The van der Waals surface area contributed by atoms with Gasteiger partial charge in [-0.15, -0.1) is 11.8 Å². The molecule has 1 saturated heterocycles. The molecule has 2 heterocycles. The lowest BCUT2D eigenvalue weighted by atomic mass is 10.2. The molecule has 0 unspecified atom stereocenters. The van der Waals surface area contributed by atoms with Crippen molar-refractivity contribution in [2.24, 2.45) is 0 Å². The van der Waals surface area contributed by atoms with Gasteiger partial charge in [-0.05, 0) is 12.5 Å². The van der Waals surface area contributed by atoms with Crippen LogP contribution < -0.4 is 0 Å². The standard InChI is InChI=1S/C7H9NOS/c1-5-3-8-6(9)2-7(8)10-4-5/h3,7H,2,4H2,1H3/t7-/m0/s1. The number of carbonyl (C=O) groups excluding carboxylic acids is 1. The van der Waals surface area contributed by atoms with Crippen molar-refractivity contribution in [2.75, 3.05) is 5.75 Å². The van der Waals surface area contributed by atoms with Gasteiger partial charge in [-0.3, -0.25) is 4.79 Å². The fourth-order valence-corrected chi connectivity index (χ4v) is 2.33. The predicted molar refractivity (Wildman–Crippen MR) is 41.5 cm³/mol. The summed E-state index contributed by atoms with van der Waals surface area (Å²) in [5, 5.41) is 0.469. The molecule has 0 aromatic carbocycles. The van der Waals surface area contributed by atoms with Gasteiger partial charge in [-0.1, -0.05) is 0 Å². The Hall–Kier alpha value is -0.440. The Kier molecular flexibility index (Phi) is 1.27. The quantitative estimate of drug-likeness (QED) is 0.490. The van der Waals surface area contributed by atoms with E-state index in [1.807, 2.05) is 22.9 Å². The topological polar surface area (TPSA) is 20.3 Å². The van der Waals surface area contributed by atoms with Gasteiger partial charge in [-0.2, -0.15) is 0 Å². The molecule has 1 fully saturated rings. The zero-order valence-electron chi connectivity index (χ0n) is 5.83. The molecule has 0 N–H and O–H groups in total. The van der Waals surface area contributed by atoms with E-state index in [1.54, 1.807) is 0 Å². The molecule has 0 aromatic rings. The molecule has 1 amide bonds. The first-order valence-electron chi connectivity index (χ1n) is 3.37.